The number of aromatic amines is 1. The first kappa shape index (κ1) is 19.9. The number of nitrogens with two attached hydrogens (primary N) is 1. The van der Waals surface area contributed by atoms with Gasteiger partial charge in [-0.1, -0.05) is 0 Å². The second-order valence-electron chi connectivity index (χ2n) is 6.06. The van der Waals surface area contributed by atoms with Crippen LogP contribution in [0.1, 0.15) is 16.1 Å². The highest BCUT2D eigenvalue weighted by Crippen LogP contribution is 2.38. The number of carbonyl (C=O) groups excluding carboxylic acids is 1. The van der Waals surface area contributed by atoms with Crippen LogP contribution in [0.4, 0.5) is 5.95 Å². The summed E-state index contributed by atoms with van der Waals surface area (Å²) in [6, 6.07) is 2.95. The molecule has 0 spiro atoms. The largest absolute Gasteiger partial charge is 0.493 e. The highest BCUT2D eigenvalue weighted by atomic mass is 16.5. The zero-order valence-corrected chi connectivity index (χ0v) is 16.2. The smallest absolute Gasteiger partial charge is 0.265 e. The second kappa shape index (κ2) is 7.62. The lowest BCUT2D eigenvalue weighted by molar-refractivity contribution is 0.0990. The number of nitrogen functional groups attached to an aromatic ring is 1. The molecule has 1 aromatic carbocycles. The Bertz CT molecular complexity index is 1200. The summed E-state index contributed by atoms with van der Waals surface area (Å²) in [5.41, 5.74) is 4.29. The Morgan fingerprint density at radius 3 is 2.31 bits per heavy atom. The van der Waals surface area contributed by atoms with E-state index in [9.17, 15) is 14.4 Å². The van der Waals surface area contributed by atoms with E-state index in [0.717, 1.165) is 0 Å². The van der Waals surface area contributed by atoms with Crippen molar-refractivity contribution in [3.8, 4) is 17.2 Å². The number of fused-ring (bicyclic) bond motifs is 1. The SMILES string of the molecule is COc1cc(C(=O)Cc2nn(C)c3nc(N)[nH]c(=O)c3c2=O)cc(OC)c1OC. The van der Waals surface area contributed by atoms with E-state index in [4.69, 9.17) is 19.9 Å². The van der Waals surface area contributed by atoms with Gasteiger partial charge in [-0.05, 0) is 12.1 Å². The van der Waals surface area contributed by atoms with Crippen LogP contribution in [-0.4, -0.2) is 46.9 Å². The number of benzene rings is 1. The van der Waals surface area contributed by atoms with Crippen LogP contribution in [0.25, 0.3) is 11.0 Å². The molecule has 2 aromatic heterocycles. The maximum atomic E-state index is 12.8. The summed E-state index contributed by atoms with van der Waals surface area (Å²) in [7, 11) is 5.80. The van der Waals surface area contributed by atoms with Crippen molar-refractivity contribution in [3.63, 3.8) is 0 Å². The minimum atomic E-state index is -0.697. The molecule has 0 fully saturated rings. The molecule has 0 atom stereocenters. The van der Waals surface area contributed by atoms with Crippen molar-refractivity contribution >= 4 is 22.8 Å². The molecule has 11 heteroatoms. The van der Waals surface area contributed by atoms with Crippen molar-refractivity contribution in [1.29, 1.82) is 0 Å². The van der Waals surface area contributed by atoms with Crippen LogP contribution in [0.2, 0.25) is 0 Å². The molecule has 0 aliphatic rings. The van der Waals surface area contributed by atoms with Gasteiger partial charge >= 0.3 is 0 Å². The van der Waals surface area contributed by atoms with E-state index < -0.39 is 16.8 Å². The number of rotatable bonds is 6. The lowest BCUT2D eigenvalue weighted by atomic mass is 10.0. The normalized spacial score (nSPS) is 10.8. The summed E-state index contributed by atoms with van der Waals surface area (Å²) in [5, 5.41) is 3.87. The fraction of sp³-hybridized carbons (Fsp3) is 0.278. The van der Waals surface area contributed by atoms with Gasteiger partial charge in [0.05, 0.1) is 27.8 Å². The molecule has 0 aliphatic heterocycles. The molecule has 0 saturated heterocycles. The van der Waals surface area contributed by atoms with Gasteiger partial charge in [0.2, 0.25) is 17.1 Å². The third-order valence-corrected chi connectivity index (χ3v) is 4.30. The molecule has 0 unspecified atom stereocenters. The van der Waals surface area contributed by atoms with E-state index in [1.807, 2.05) is 0 Å². The number of methoxy groups -OCH3 is 3. The summed E-state index contributed by atoms with van der Waals surface area (Å²) in [6.45, 7) is 0. The number of nitrogens with one attached hydrogen (secondary N) is 1. The first-order valence-corrected chi connectivity index (χ1v) is 8.39. The quantitative estimate of drug-likeness (QED) is 0.546. The number of anilines is 1. The predicted octanol–water partition coefficient (Wildman–Crippen LogP) is 0.0502. The van der Waals surface area contributed by atoms with Crippen molar-refractivity contribution in [2.45, 2.75) is 6.42 Å². The number of ether oxygens (including phenoxy) is 3. The van der Waals surface area contributed by atoms with Crippen LogP contribution in [0.15, 0.2) is 21.7 Å². The number of aromatic nitrogens is 4. The van der Waals surface area contributed by atoms with Crippen LogP contribution >= 0.6 is 0 Å². The van der Waals surface area contributed by atoms with Crippen LogP contribution in [0.3, 0.4) is 0 Å². The first-order chi connectivity index (χ1) is 13.8. The maximum absolute atomic E-state index is 12.8. The van der Waals surface area contributed by atoms with Gasteiger partial charge in [0.25, 0.3) is 5.56 Å². The van der Waals surface area contributed by atoms with Crippen molar-refractivity contribution < 1.29 is 19.0 Å². The molecule has 3 rings (SSSR count). The fourth-order valence-electron chi connectivity index (χ4n) is 2.95. The summed E-state index contributed by atoms with van der Waals surface area (Å²) >= 11 is 0. The zero-order chi connectivity index (χ0) is 21.3. The van der Waals surface area contributed by atoms with Gasteiger partial charge in [0, 0.05) is 12.6 Å². The number of H-pyrrole nitrogens is 1. The molecule has 3 aromatic rings. The molecule has 0 bridgehead atoms. The summed E-state index contributed by atoms with van der Waals surface area (Å²) in [5.74, 6) is 0.367. The third kappa shape index (κ3) is 3.49. The van der Waals surface area contributed by atoms with E-state index in [1.54, 1.807) is 0 Å². The molecule has 0 saturated carbocycles. The number of hydrogen-bond acceptors (Lipinski definition) is 9. The van der Waals surface area contributed by atoms with Crippen LogP contribution < -0.4 is 30.9 Å². The Labute approximate surface area is 164 Å². The molecule has 0 aliphatic carbocycles. The first-order valence-electron chi connectivity index (χ1n) is 8.39. The molecular weight excluding hydrogens is 382 g/mol. The van der Waals surface area contributed by atoms with Crippen molar-refractivity contribution in [2.75, 3.05) is 27.1 Å². The molecule has 0 radical (unpaired) electrons. The Hall–Kier alpha value is -3.89. The van der Waals surface area contributed by atoms with Gasteiger partial charge < -0.3 is 19.9 Å². The van der Waals surface area contributed by atoms with E-state index in [2.05, 4.69) is 15.1 Å². The summed E-state index contributed by atoms with van der Waals surface area (Å²) < 4.78 is 17.0. The summed E-state index contributed by atoms with van der Waals surface area (Å²) in [4.78, 5) is 43.9. The minimum Gasteiger partial charge on any atom is -0.493 e. The maximum Gasteiger partial charge on any atom is 0.265 e. The van der Waals surface area contributed by atoms with Gasteiger partial charge in [0.1, 0.15) is 11.1 Å². The van der Waals surface area contributed by atoms with E-state index in [0.29, 0.717) is 17.2 Å². The van der Waals surface area contributed by atoms with Gasteiger partial charge in [-0.25, -0.2) is 4.68 Å². The van der Waals surface area contributed by atoms with Crippen LogP contribution in [0.5, 0.6) is 17.2 Å². The minimum absolute atomic E-state index is 0.0280. The molecule has 11 nitrogen and oxygen atoms in total. The van der Waals surface area contributed by atoms with Crippen LogP contribution in [-0.2, 0) is 13.5 Å². The monoisotopic (exact) mass is 401 g/mol. The lowest BCUT2D eigenvalue weighted by Gasteiger charge is -2.13. The number of Topliss-reactive ketones (excluding diaryl/α,β-unsaturated/α-hetero) is 1. The average molecular weight is 401 g/mol. The van der Waals surface area contributed by atoms with E-state index in [1.165, 1.54) is 45.2 Å². The van der Waals surface area contributed by atoms with Crippen LogP contribution in [0, 0.1) is 0 Å². The third-order valence-electron chi connectivity index (χ3n) is 4.30. The van der Waals surface area contributed by atoms with E-state index >= 15 is 0 Å². The number of ketones is 1. The van der Waals surface area contributed by atoms with E-state index in [-0.39, 0.29) is 34.7 Å². The van der Waals surface area contributed by atoms with Crippen molar-refractivity contribution in [1.82, 2.24) is 19.7 Å². The highest BCUT2D eigenvalue weighted by Gasteiger charge is 2.21. The fourth-order valence-corrected chi connectivity index (χ4v) is 2.95. The lowest BCUT2D eigenvalue weighted by Crippen LogP contribution is -2.27. The van der Waals surface area contributed by atoms with Gasteiger partial charge in [0.15, 0.2) is 22.9 Å². The Morgan fingerprint density at radius 1 is 1.14 bits per heavy atom. The number of aryl methyl sites for hydroxylation is 1. The highest BCUT2D eigenvalue weighted by molar-refractivity contribution is 5.98. The predicted molar refractivity (Wildman–Crippen MR) is 104 cm³/mol. The zero-order valence-electron chi connectivity index (χ0n) is 16.2. The standard InChI is InChI=1S/C18H19N5O6/c1-23-16-13(17(26)21-18(19)20-16)14(25)9(22-23)7-10(24)8-5-11(27-2)15(29-4)12(6-8)28-3/h5-6H,7H2,1-4H3,(H3,19,20,21,26). The second-order valence-corrected chi connectivity index (χ2v) is 6.06. The topological polar surface area (TPSA) is 151 Å². The number of nitrogens with zero attached hydrogens (tertiary/aromatic N) is 3. The molecule has 0 amide bonds. The average Bonchev–Trinajstić information content (AvgIpc) is 2.69. The van der Waals surface area contributed by atoms with Crippen molar-refractivity contribution in [2.24, 2.45) is 7.05 Å². The number of carbonyl (C=O) groups is 1. The Balaban J connectivity index is 2.08. The molecule has 152 valence electrons. The van der Waals surface area contributed by atoms with Gasteiger partial charge in [-0.15, -0.1) is 0 Å². The number of hydrogen-bond donors (Lipinski definition) is 2. The Morgan fingerprint density at radius 2 is 1.76 bits per heavy atom. The molecule has 3 N–H and O–H groups in total. The molecule has 2 heterocycles. The molecular formula is C18H19N5O6. The Kier molecular flexibility index (Phi) is 5.22. The van der Waals surface area contributed by atoms with Crippen molar-refractivity contribution in [3.05, 3.63) is 44.0 Å². The molecule has 29 heavy (non-hydrogen) atoms. The van der Waals surface area contributed by atoms with Gasteiger partial charge in [-0.2, -0.15) is 10.1 Å². The van der Waals surface area contributed by atoms with Gasteiger partial charge in [-0.3, -0.25) is 19.4 Å². The summed E-state index contributed by atoms with van der Waals surface area (Å²) in [6.07, 6.45) is -0.342.